The lowest BCUT2D eigenvalue weighted by Gasteiger charge is -1.99. The minimum Gasteiger partial charge on any atom is -0.370 e. The van der Waals surface area contributed by atoms with Crippen molar-refractivity contribution in [1.82, 2.24) is 5.09 Å². The molecular weight excluding hydrogens is 288 g/mol. The van der Waals surface area contributed by atoms with Gasteiger partial charge in [0.05, 0.1) is 0 Å². The van der Waals surface area contributed by atoms with Crippen molar-refractivity contribution < 1.29 is 4.79 Å². The van der Waals surface area contributed by atoms with Crippen LogP contribution < -0.4 is 10.8 Å². The van der Waals surface area contributed by atoms with Crippen LogP contribution in [0.5, 0.6) is 0 Å². The molecule has 6 heteroatoms. The highest BCUT2D eigenvalue weighted by Crippen LogP contribution is 2.12. The van der Waals surface area contributed by atoms with Crippen molar-refractivity contribution in [2.45, 2.75) is 19.3 Å². The van der Waals surface area contributed by atoms with E-state index in [-0.39, 0.29) is 0 Å². The molecule has 0 fully saturated rings. The predicted molar refractivity (Wildman–Crippen MR) is 61.9 cm³/mol. The maximum absolute atomic E-state index is 9.93. The van der Waals surface area contributed by atoms with Crippen molar-refractivity contribution in [1.29, 1.82) is 0 Å². The van der Waals surface area contributed by atoms with Crippen LogP contribution in [0.4, 0.5) is 0 Å². The molecule has 0 aliphatic carbocycles. The summed E-state index contributed by atoms with van der Waals surface area (Å²) in [6.45, 7) is 0.702. The van der Waals surface area contributed by atoms with Crippen molar-refractivity contribution in [3.8, 4) is 0 Å². The number of carbonyl (C=O) groups is 1. The molecule has 12 heavy (non-hydrogen) atoms. The standard InChI is InChI=1S/C6H13IN3OP/c7-12-10-6(8)9-4-2-1-3-5-11/h5,12H,1-4H2,(H3,8,9,10). The van der Waals surface area contributed by atoms with E-state index in [0.29, 0.717) is 25.3 Å². The van der Waals surface area contributed by atoms with Gasteiger partial charge in [0.1, 0.15) is 6.29 Å². The van der Waals surface area contributed by atoms with Gasteiger partial charge in [0.15, 0.2) is 5.96 Å². The van der Waals surface area contributed by atoms with E-state index in [1.807, 2.05) is 0 Å². The van der Waals surface area contributed by atoms with Gasteiger partial charge in [-0.05, 0) is 34.9 Å². The number of aldehydes is 1. The molecule has 3 N–H and O–H groups in total. The fourth-order valence-corrected chi connectivity index (χ4v) is 1.63. The molecule has 0 saturated heterocycles. The third-order valence-corrected chi connectivity index (χ3v) is 2.35. The van der Waals surface area contributed by atoms with Crippen molar-refractivity contribution in [3.05, 3.63) is 0 Å². The third kappa shape index (κ3) is 8.20. The van der Waals surface area contributed by atoms with Gasteiger partial charge in [0, 0.05) is 19.3 Å². The molecule has 0 amide bonds. The zero-order valence-corrected chi connectivity index (χ0v) is 9.87. The van der Waals surface area contributed by atoms with E-state index in [0.717, 1.165) is 19.1 Å². The SMILES string of the molecule is NC(=NCCCCC=O)NPI. The number of halogens is 1. The van der Waals surface area contributed by atoms with Crippen LogP contribution in [0.1, 0.15) is 19.3 Å². The van der Waals surface area contributed by atoms with Crippen LogP contribution in [0.15, 0.2) is 4.99 Å². The van der Waals surface area contributed by atoms with Crippen LogP contribution in [0.3, 0.4) is 0 Å². The lowest BCUT2D eigenvalue weighted by Crippen LogP contribution is -2.24. The van der Waals surface area contributed by atoms with Crippen LogP contribution in [0, 0.1) is 0 Å². The molecule has 1 unspecified atom stereocenters. The van der Waals surface area contributed by atoms with E-state index in [1.165, 1.54) is 0 Å². The Hall–Kier alpha value is 0.1000. The second kappa shape index (κ2) is 9.19. The number of hydrogen-bond donors (Lipinski definition) is 2. The summed E-state index contributed by atoms with van der Waals surface area (Å²) in [5.74, 6) is 0.494. The highest BCUT2D eigenvalue weighted by Gasteiger charge is 1.88. The number of guanidine groups is 1. The number of aliphatic imine (C=N–C) groups is 1. The Bertz CT molecular complexity index is 154. The molecule has 0 aromatic rings. The molecule has 70 valence electrons. The third-order valence-electron chi connectivity index (χ3n) is 1.19. The second-order valence-electron chi connectivity index (χ2n) is 2.15. The van der Waals surface area contributed by atoms with Gasteiger partial charge in [-0.1, -0.05) is 0 Å². The Balaban J connectivity index is 3.26. The van der Waals surface area contributed by atoms with Gasteiger partial charge in [-0.25, -0.2) is 0 Å². The number of carbonyl (C=O) groups excluding carboxylic acids is 1. The zero-order chi connectivity index (χ0) is 9.23. The Kier molecular flexibility index (Phi) is 9.27. The molecule has 0 aromatic heterocycles. The first-order valence-corrected chi connectivity index (χ1v) is 7.78. The minimum atomic E-state index is 0.494. The molecule has 0 spiro atoms. The Morgan fingerprint density at radius 3 is 3.00 bits per heavy atom. The Morgan fingerprint density at radius 2 is 2.42 bits per heavy atom. The fourth-order valence-electron chi connectivity index (χ4n) is 0.627. The van der Waals surface area contributed by atoms with E-state index in [9.17, 15) is 4.79 Å². The molecule has 0 bridgehead atoms. The smallest absolute Gasteiger partial charge is 0.192 e. The summed E-state index contributed by atoms with van der Waals surface area (Å²) in [6.07, 6.45) is 3.93. The minimum absolute atomic E-state index is 0.494. The molecule has 0 saturated carbocycles. The first-order valence-electron chi connectivity index (χ1n) is 3.66. The average molecular weight is 301 g/mol. The van der Waals surface area contributed by atoms with Gasteiger partial charge in [-0.15, -0.1) is 0 Å². The summed E-state index contributed by atoms with van der Waals surface area (Å²) in [4.78, 5) is 14.0. The molecule has 0 radical (unpaired) electrons. The first-order chi connectivity index (χ1) is 5.81. The van der Waals surface area contributed by atoms with Gasteiger partial charge >= 0.3 is 0 Å². The predicted octanol–water partition coefficient (Wildman–Crippen LogP) is 1.20. The van der Waals surface area contributed by atoms with E-state index in [2.05, 4.69) is 32.1 Å². The van der Waals surface area contributed by atoms with Crippen LogP contribution in [-0.4, -0.2) is 18.8 Å². The molecule has 0 aliphatic heterocycles. The van der Waals surface area contributed by atoms with E-state index < -0.39 is 0 Å². The number of nitrogens with two attached hydrogens (primary N) is 1. The molecule has 1 atom stereocenters. The van der Waals surface area contributed by atoms with E-state index >= 15 is 0 Å². The van der Waals surface area contributed by atoms with Gasteiger partial charge in [0.2, 0.25) is 0 Å². The van der Waals surface area contributed by atoms with Crippen LogP contribution in [0.2, 0.25) is 0 Å². The van der Waals surface area contributed by atoms with Crippen LogP contribution in [-0.2, 0) is 4.79 Å². The maximum atomic E-state index is 9.93. The number of unbranched alkanes of at least 4 members (excludes halogenated alkanes) is 2. The molecule has 4 nitrogen and oxygen atoms in total. The maximum Gasteiger partial charge on any atom is 0.192 e. The van der Waals surface area contributed by atoms with E-state index in [4.69, 9.17) is 5.73 Å². The lowest BCUT2D eigenvalue weighted by molar-refractivity contribution is -0.107. The fraction of sp³-hybridized carbons (Fsp3) is 0.667. The van der Waals surface area contributed by atoms with Crippen LogP contribution in [0.25, 0.3) is 0 Å². The average Bonchev–Trinajstić information content (AvgIpc) is 2.05. The number of nitrogens with one attached hydrogen (secondary N) is 1. The summed E-state index contributed by atoms with van der Waals surface area (Å²) >= 11 is 2.19. The summed E-state index contributed by atoms with van der Waals surface area (Å²) < 4.78 is 0. The van der Waals surface area contributed by atoms with Gasteiger partial charge in [-0.2, -0.15) is 0 Å². The number of hydrogen-bond acceptors (Lipinski definition) is 2. The van der Waals surface area contributed by atoms with Crippen molar-refractivity contribution in [3.63, 3.8) is 0 Å². The first kappa shape index (κ1) is 12.1. The Labute approximate surface area is 87.1 Å². The normalized spacial score (nSPS) is 12.2. The Morgan fingerprint density at radius 1 is 1.67 bits per heavy atom. The van der Waals surface area contributed by atoms with Gasteiger partial charge in [0.25, 0.3) is 0 Å². The topological polar surface area (TPSA) is 67.5 Å². The molecule has 0 aliphatic rings. The quantitative estimate of drug-likeness (QED) is 0.193. The lowest BCUT2D eigenvalue weighted by atomic mass is 10.2. The summed E-state index contributed by atoms with van der Waals surface area (Å²) in [7, 11) is 0. The van der Waals surface area contributed by atoms with Crippen LogP contribution >= 0.6 is 28.4 Å². The summed E-state index contributed by atoms with van der Waals surface area (Å²) in [5, 5.41) is 2.91. The van der Waals surface area contributed by atoms with Crippen molar-refractivity contribution in [2.75, 3.05) is 6.54 Å². The number of nitrogens with zero attached hydrogens (tertiary/aromatic N) is 1. The highest BCUT2D eigenvalue weighted by atomic mass is 127. The molecule has 0 heterocycles. The zero-order valence-electron chi connectivity index (χ0n) is 6.72. The van der Waals surface area contributed by atoms with Crippen molar-refractivity contribution in [2.24, 2.45) is 10.7 Å². The van der Waals surface area contributed by atoms with Gasteiger partial charge < -0.3 is 15.6 Å². The summed E-state index contributed by atoms with van der Waals surface area (Å²) in [5.41, 5.74) is 5.47. The largest absolute Gasteiger partial charge is 0.370 e. The molecular formula is C6H13IN3OP. The molecule has 0 aromatic carbocycles. The van der Waals surface area contributed by atoms with Gasteiger partial charge in [-0.3, -0.25) is 4.99 Å². The highest BCUT2D eigenvalue weighted by molar-refractivity contribution is 14.2. The monoisotopic (exact) mass is 301 g/mol. The van der Waals surface area contributed by atoms with E-state index in [1.54, 1.807) is 0 Å². The number of rotatable bonds is 6. The summed E-state index contributed by atoms with van der Waals surface area (Å²) in [6, 6.07) is 0. The second-order valence-corrected chi connectivity index (χ2v) is 4.21. The molecule has 0 rings (SSSR count). The van der Waals surface area contributed by atoms with Crippen molar-refractivity contribution >= 4 is 40.7 Å².